The number of hydrogen-bond donors (Lipinski definition) is 0. The lowest BCUT2D eigenvalue weighted by atomic mass is 9.95. The van der Waals surface area contributed by atoms with Gasteiger partial charge < -0.3 is 4.74 Å². The van der Waals surface area contributed by atoms with Gasteiger partial charge in [0.2, 0.25) is 0 Å². The van der Waals surface area contributed by atoms with Gasteiger partial charge in [0.1, 0.15) is 0 Å². The fraction of sp³-hybridized carbons (Fsp3) is 0.417. The highest BCUT2D eigenvalue weighted by Crippen LogP contribution is 2.21. The molecule has 0 fully saturated rings. The van der Waals surface area contributed by atoms with E-state index in [1.165, 1.54) is 12.7 Å². The van der Waals surface area contributed by atoms with Crippen LogP contribution in [0.3, 0.4) is 0 Å². The van der Waals surface area contributed by atoms with Gasteiger partial charge in [-0.25, -0.2) is 0 Å². The average molecular weight is 192 g/mol. The Morgan fingerprint density at radius 1 is 1.36 bits per heavy atom. The van der Waals surface area contributed by atoms with Crippen LogP contribution in [-0.4, -0.2) is 13.1 Å². The smallest absolute Gasteiger partial charge is 0.312 e. The number of aryl methyl sites for hydroxylation is 2. The predicted octanol–water partition coefficient (Wildman–Crippen LogP) is 2.58. The van der Waals surface area contributed by atoms with Crippen LogP contribution in [0.25, 0.3) is 0 Å². The zero-order chi connectivity index (χ0) is 10.7. The van der Waals surface area contributed by atoms with Gasteiger partial charge in [0.25, 0.3) is 0 Å². The number of benzene rings is 1. The first kappa shape index (κ1) is 10.8. The summed E-state index contributed by atoms with van der Waals surface area (Å²) in [5, 5.41) is 0. The minimum absolute atomic E-state index is 0.181. The summed E-state index contributed by atoms with van der Waals surface area (Å²) in [7, 11) is 1.42. The molecule has 1 aromatic rings. The van der Waals surface area contributed by atoms with Gasteiger partial charge in [-0.15, -0.1) is 0 Å². The van der Waals surface area contributed by atoms with Crippen molar-refractivity contribution in [3.05, 3.63) is 34.9 Å². The Kier molecular flexibility index (Phi) is 3.28. The van der Waals surface area contributed by atoms with Crippen molar-refractivity contribution in [2.45, 2.75) is 26.7 Å². The van der Waals surface area contributed by atoms with Crippen molar-refractivity contribution in [2.75, 3.05) is 7.11 Å². The number of ether oxygens (including phenoxy) is 1. The van der Waals surface area contributed by atoms with E-state index in [9.17, 15) is 4.79 Å². The van der Waals surface area contributed by atoms with Gasteiger partial charge in [-0.05, 0) is 31.9 Å². The van der Waals surface area contributed by atoms with Crippen molar-refractivity contribution in [3.8, 4) is 0 Å². The molecule has 0 saturated carbocycles. The van der Waals surface area contributed by atoms with E-state index in [0.29, 0.717) is 0 Å². The highest BCUT2D eigenvalue weighted by atomic mass is 16.5. The van der Waals surface area contributed by atoms with E-state index >= 15 is 0 Å². The molecule has 76 valence electrons. The molecule has 1 aromatic carbocycles. The van der Waals surface area contributed by atoms with Crippen molar-refractivity contribution in [2.24, 2.45) is 0 Å². The molecule has 0 aromatic heterocycles. The van der Waals surface area contributed by atoms with Gasteiger partial charge in [0, 0.05) is 0 Å². The zero-order valence-electron chi connectivity index (χ0n) is 9.13. The van der Waals surface area contributed by atoms with Crippen LogP contribution in [0, 0.1) is 13.8 Å². The first-order chi connectivity index (χ1) is 6.56. The lowest BCUT2D eigenvalue weighted by Crippen LogP contribution is -2.12. The summed E-state index contributed by atoms with van der Waals surface area (Å²) in [5.74, 6) is -0.362. The summed E-state index contributed by atoms with van der Waals surface area (Å²) in [6.07, 6.45) is 0. The molecule has 2 nitrogen and oxygen atoms in total. The van der Waals surface area contributed by atoms with E-state index in [1.54, 1.807) is 0 Å². The van der Waals surface area contributed by atoms with Crippen molar-refractivity contribution in [3.63, 3.8) is 0 Å². The summed E-state index contributed by atoms with van der Waals surface area (Å²) in [4.78, 5) is 11.4. The second-order valence-corrected chi connectivity index (χ2v) is 3.60. The molecule has 1 unspecified atom stereocenters. The summed E-state index contributed by atoms with van der Waals surface area (Å²) < 4.78 is 4.72. The van der Waals surface area contributed by atoms with Gasteiger partial charge in [-0.1, -0.05) is 23.8 Å². The van der Waals surface area contributed by atoms with Crippen molar-refractivity contribution in [1.82, 2.24) is 0 Å². The van der Waals surface area contributed by atoms with E-state index < -0.39 is 0 Å². The zero-order valence-corrected chi connectivity index (χ0v) is 9.13. The quantitative estimate of drug-likeness (QED) is 0.673. The first-order valence-corrected chi connectivity index (χ1v) is 4.71. The maximum Gasteiger partial charge on any atom is 0.312 e. The largest absolute Gasteiger partial charge is 0.469 e. The number of rotatable bonds is 2. The Labute approximate surface area is 84.9 Å². The topological polar surface area (TPSA) is 26.3 Å². The van der Waals surface area contributed by atoms with E-state index in [-0.39, 0.29) is 11.9 Å². The SMILES string of the molecule is COC(=O)C(C)c1cc(C)ccc1C. The second kappa shape index (κ2) is 4.27. The minimum atomic E-state index is -0.182. The number of esters is 1. The molecule has 0 N–H and O–H groups in total. The molecule has 1 atom stereocenters. The van der Waals surface area contributed by atoms with Crippen LogP contribution < -0.4 is 0 Å². The molecule has 0 aliphatic carbocycles. The van der Waals surface area contributed by atoms with E-state index in [0.717, 1.165) is 11.1 Å². The van der Waals surface area contributed by atoms with Gasteiger partial charge in [0.15, 0.2) is 0 Å². The van der Waals surface area contributed by atoms with Crippen LogP contribution in [0.5, 0.6) is 0 Å². The summed E-state index contributed by atoms with van der Waals surface area (Å²) in [6.45, 7) is 5.90. The van der Waals surface area contributed by atoms with Crippen LogP contribution >= 0.6 is 0 Å². The lowest BCUT2D eigenvalue weighted by Gasteiger charge is -2.12. The van der Waals surface area contributed by atoms with Crippen LogP contribution in [-0.2, 0) is 9.53 Å². The van der Waals surface area contributed by atoms with Gasteiger partial charge in [-0.3, -0.25) is 4.79 Å². The van der Waals surface area contributed by atoms with Crippen molar-refractivity contribution in [1.29, 1.82) is 0 Å². The number of hydrogen-bond acceptors (Lipinski definition) is 2. The second-order valence-electron chi connectivity index (χ2n) is 3.60. The van der Waals surface area contributed by atoms with Gasteiger partial charge >= 0.3 is 5.97 Å². The Bertz CT molecular complexity index is 342. The number of methoxy groups -OCH3 is 1. The van der Waals surface area contributed by atoms with Crippen LogP contribution in [0.15, 0.2) is 18.2 Å². The Morgan fingerprint density at radius 2 is 2.00 bits per heavy atom. The summed E-state index contributed by atoms with van der Waals surface area (Å²) >= 11 is 0. The molecule has 0 bridgehead atoms. The molecule has 0 radical (unpaired) electrons. The first-order valence-electron chi connectivity index (χ1n) is 4.71. The molecule has 0 aliphatic heterocycles. The molecule has 0 saturated heterocycles. The van der Waals surface area contributed by atoms with Gasteiger partial charge in [-0.2, -0.15) is 0 Å². The van der Waals surface area contributed by atoms with Crippen molar-refractivity contribution < 1.29 is 9.53 Å². The summed E-state index contributed by atoms with van der Waals surface area (Å²) in [5.41, 5.74) is 3.35. The lowest BCUT2D eigenvalue weighted by molar-refractivity contribution is -0.142. The average Bonchev–Trinajstić information content (AvgIpc) is 2.19. The molecule has 2 heteroatoms. The molecular formula is C12H16O2. The van der Waals surface area contributed by atoms with Gasteiger partial charge in [0.05, 0.1) is 13.0 Å². The maximum atomic E-state index is 11.4. The molecule has 0 heterocycles. The van der Waals surface area contributed by atoms with Crippen LogP contribution in [0.4, 0.5) is 0 Å². The molecular weight excluding hydrogens is 176 g/mol. The predicted molar refractivity (Wildman–Crippen MR) is 56.3 cm³/mol. The number of carbonyl (C=O) groups excluding carboxylic acids is 1. The van der Waals surface area contributed by atoms with Crippen LogP contribution in [0.2, 0.25) is 0 Å². The molecule has 1 rings (SSSR count). The Morgan fingerprint density at radius 3 is 2.57 bits per heavy atom. The van der Waals surface area contributed by atoms with E-state index in [2.05, 4.69) is 0 Å². The fourth-order valence-corrected chi connectivity index (χ4v) is 1.53. The normalized spacial score (nSPS) is 12.3. The standard InChI is InChI=1S/C12H16O2/c1-8-5-6-9(2)11(7-8)10(3)12(13)14-4/h5-7,10H,1-4H3. The third-order valence-electron chi connectivity index (χ3n) is 2.46. The molecule has 0 aliphatic rings. The van der Waals surface area contributed by atoms with Crippen molar-refractivity contribution >= 4 is 5.97 Å². The van der Waals surface area contributed by atoms with E-state index in [1.807, 2.05) is 39.0 Å². The van der Waals surface area contributed by atoms with Crippen LogP contribution in [0.1, 0.15) is 29.5 Å². The van der Waals surface area contributed by atoms with E-state index in [4.69, 9.17) is 4.74 Å². The third-order valence-corrected chi connectivity index (χ3v) is 2.46. The highest BCUT2D eigenvalue weighted by molar-refractivity contribution is 5.78. The fourth-order valence-electron chi connectivity index (χ4n) is 1.53. The molecule has 0 spiro atoms. The third kappa shape index (κ3) is 2.13. The monoisotopic (exact) mass is 192 g/mol. The molecule has 0 amide bonds. The summed E-state index contributed by atoms with van der Waals surface area (Å²) in [6, 6.07) is 6.11. The maximum absolute atomic E-state index is 11.4. The molecule has 14 heavy (non-hydrogen) atoms. The highest BCUT2D eigenvalue weighted by Gasteiger charge is 2.17. The Hall–Kier alpha value is -1.31. The minimum Gasteiger partial charge on any atom is -0.469 e. The number of carbonyl (C=O) groups is 1. The Balaban J connectivity index is 3.05.